The highest BCUT2D eigenvalue weighted by Gasteiger charge is 2.61. The number of allylic oxidation sites excluding steroid dienone is 2. The van der Waals surface area contributed by atoms with Gasteiger partial charge in [-0.2, -0.15) is 0 Å². The summed E-state index contributed by atoms with van der Waals surface area (Å²) in [7, 11) is -0.158. The van der Waals surface area contributed by atoms with Crippen molar-refractivity contribution in [2.75, 3.05) is 0 Å². The molecule has 2 aliphatic rings. The molecule has 1 fully saturated rings. The monoisotopic (exact) mass is 250 g/mol. The Morgan fingerprint density at radius 3 is 1.83 bits per heavy atom. The Balaban J connectivity index is 2.33. The molecule has 0 bridgehead atoms. The standard InChI is InChI=1S/C15H27BO2/c1-12(2)10-8-9-11-15(12,7)16-17-13(3,4)14(5,6)18-16/h9,11H,8,10H2,1-7H3. The maximum Gasteiger partial charge on any atom is 0.468 e. The molecule has 0 aromatic heterocycles. The molecule has 0 N–H and O–H groups in total. The average molecular weight is 250 g/mol. The second kappa shape index (κ2) is 3.86. The summed E-state index contributed by atoms with van der Waals surface area (Å²) in [6, 6.07) is 0. The Morgan fingerprint density at radius 1 is 0.889 bits per heavy atom. The Kier molecular flexibility index (Phi) is 3.03. The molecule has 1 aliphatic carbocycles. The second-order valence-corrected chi connectivity index (χ2v) is 7.70. The summed E-state index contributed by atoms with van der Waals surface area (Å²) in [5, 5.41) is -0.0592. The minimum Gasteiger partial charge on any atom is -0.403 e. The summed E-state index contributed by atoms with van der Waals surface area (Å²) in [6.07, 6.45) is 6.92. The Labute approximate surface area is 112 Å². The van der Waals surface area contributed by atoms with Gasteiger partial charge < -0.3 is 9.31 Å². The van der Waals surface area contributed by atoms with Crippen molar-refractivity contribution in [2.24, 2.45) is 5.41 Å². The summed E-state index contributed by atoms with van der Waals surface area (Å²) >= 11 is 0. The van der Waals surface area contributed by atoms with Crippen LogP contribution in [0.1, 0.15) is 61.3 Å². The average Bonchev–Trinajstić information content (AvgIpc) is 2.41. The third kappa shape index (κ3) is 1.87. The molecular formula is C15H27BO2. The van der Waals surface area contributed by atoms with Crippen LogP contribution in [0, 0.1) is 5.41 Å². The Hall–Kier alpha value is -0.275. The molecule has 0 spiro atoms. The molecule has 102 valence electrons. The highest BCUT2D eigenvalue weighted by molar-refractivity contribution is 6.50. The van der Waals surface area contributed by atoms with E-state index in [1.807, 2.05) is 0 Å². The minimum atomic E-state index is -0.248. The van der Waals surface area contributed by atoms with E-state index in [0.29, 0.717) is 0 Å². The molecule has 2 nitrogen and oxygen atoms in total. The predicted octanol–water partition coefficient (Wildman–Crippen LogP) is 4.22. The lowest BCUT2D eigenvalue weighted by Crippen LogP contribution is -2.44. The van der Waals surface area contributed by atoms with Gasteiger partial charge in [-0.15, -0.1) is 0 Å². The van der Waals surface area contributed by atoms with E-state index >= 15 is 0 Å². The van der Waals surface area contributed by atoms with E-state index in [2.05, 4.69) is 60.6 Å². The van der Waals surface area contributed by atoms with Crippen LogP contribution in [0.5, 0.6) is 0 Å². The largest absolute Gasteiger partial charge is 0.468 e. The van der Waals surface area contributed by atoms with Crippen molar-refractivity contribution in [3.05, 3.63) is 12.2 Å². The van der Waals surface area contributed by atoms with Crippen LogP contribution in [0.4, 0.5) is 0 Å². The zero-order chi connectivity index (χ0) is 13.8. The lowest BCUT2D eigenvalue weighted by Gasteiger charge is -2.45. The normalized spacial score (nSPS) is 36.9. The molecule has 0 saturated carbocycles. The van der Waals surface area contributed by atoms with E-state index in [0.717, 1.165) is 6.42 Å². The fraction of sp³-hybridized carbons (Fsp3) is 0.867. The van der Waals surface area contributed by atoms with Crippen LogP contribution in [-0.4, -0.2) is 18.3 Å². The lowest BCUT2D eigenvalue weighted by atomic mass is 9.44. The molecular weight excluding hydrogens is 223 g/mol. The molecule has 3 heteroatoms. The summed E-state index contributed by atoms with van der Waals surface area (Å²) in [5.41, 5.74) is -0.299. The predicted molar refractivity (Wildman–Crippen MR) is 76.6 cm³/mol. The van der Waals surface area contributed by atoms with Crippen molar-refractivity contribution in [1.82, 2.24) is 0 Å². The van der Waals surface area contributed by atoms with Gasteiger partial charge in [0.1, 0.15) is 0 Å². The molecule has 0 amide bonds. The van der Waals surface area contributed by atoms with Crippen LogP contribution in [0.25, 0.3) is 0 Å². The van der Waals surface area contributed by atoms with Gasteiger partial charge in [-0.1, -0.05) is 32.9 Å². The first-order chi connectivity index (χ1) is 8.02. The molecule has 1 heterocycles. The smallest absolute Gasteiger partial charge is 0.403 e. The van der Waals surface area contributed by atoms with Gasteiger partial charge in [-0.3, -0.25) is 0 Å². The van der Waals surface area contributed by atoms with Gasteiger partial charge in [0.2, 0.25) is 0 Å². The van der Waals surface area contributed by atoms with Crippen LogP contribution in [-0.2, 0) is 9.31 Å². The zero-order valence-electron chi connectivity index (χ0n) is 13.0. The third-order valence-electron chi connectivity index (χ3n) is 5.60. The molecule has 0 aromatic rings. The van der Waals surface area contributed by atoms with E-state index < -0.39 is 0 Å². The molecule has 18 heavy (non-hydrogen) atoms. The molecule has 0 radical (unpaired) electrons. The molecule has 0 aromatic carbocycles. The van der Waals surface area contributed by atoms with E-state index in [1.165, 1.54) is 6.42 Å². The molecule has 1 atom stereocenters. The van der Waals surface area contributed by atoms with E-state index in [4.69, 9.17) is 9.31 Å². The zero-order valence-corrected chi connectivity index (χ0v) is 13.0. The molecule has 1 unspecified atom stereocenters. The second-order valence-electron chi connectivity index (χ2n) is 7.70. The Bertz CT molecular complexity index is 355. The summed E-state index contributed by atoms with van der Waals surface area (Å²) in [4.78, 5) is 0. The van der Waals surface area contributed by atoms with Gasteiger partial charge in [0.15, 0.2) is 0 Å². The maximum absolute atomic E-state index is 6.27. The maximum atomic E-state index is 6.27. The van der Waals surface area contributed by atoms with Crippen molar-refractivity contribution in [3.8, 4) is 0 Å². The Morgan fingerprint density at radius 2 is 1.39 bits per heavy atom. The molecule has 2 rings (SSSR count). The van der Waals surface area contributed by atoms with E-state index in [1.54, 1.807) is 0 Å². The van der Waals surface area contributed by atoms with Crippen LogP contribution in [0.15, 0.2) is 12.2 Å². The minimum absolute atomic E-state index is 0.0592. The van der Waals surface area contributed by atoms with Crippen LogP contribution in [0.3, 0.4) is 0 Å². The van der Waals surface area contributed by atoms with Gasteiger partial charge in [0.25, 0.3) is 0 Å². The van der Waals surface area contributed by atoms with Gasteiger partial charge in [0, 0.05) is 5.31 Å². The summed E-state index contributed by atoms with van der Waals surface area (Å²) < 4.78 is 12.5. The van der Waals surface area contributed by atoms with E-state index in [-0.39, 0.29) is 29.0 Å². The van der Waals surface area contributed by atoms with Crippen molar-refractivity contribution in [2.45, 2.75) is 77.8 Å². The summed E-state index contributed by atoms with van der Waals surface area (Å²) in [6.45, 7) is 15.4. The summed E-state index contributed by atoms with van der Waals surface area (Å²) in [5.74, 6) is 0. The van der Waals surface area contributed by atoms with Gasteiger partial charge >= 0.3 is 7.12 Å². The lowest BCUT2D eigenvalue weighted by molar-refractivity contribution is 0.00578. The first-order valence-electron chi connectivity index (χ1n) is 7.05. The first-order valence-corrected chi connectivity index (χ1v) is 7.05. The number of rotatable bonds is 1. The van der Waals surface area contributed by atoms with Gasteiger partial charge in [0.05, 0.1) is 11.2 Å². The van der Waals surface area contributed by atoms with Gasteiger partial charge in [-0.05, 0) is 46.0 Å². The number of hydrogen-bond donors (Lipinski definition) is 0. The highest BCUT2D eigenvalue weighted by atomic mass is 16.7. The first kappa shape index (κ1) is 14.1. The van der Waals surface area contributed by atoms with Crippen LogP contribution in [0.2, 0.25) is 5.31 Å². The van der Waals surface area contributed by atoms with Crippen molar-refractivity contribution >= 4 is 7.12 Å². The van der Waals surface area contributed by atoms with Crippen LogP contribution < -0.4 is 0 Å². The molecule has 1 aliphatic heterocycles. The van der Waals surface area contributed by atoms with E-state index in [9.17, 15) is 0 Å². The fourth-order valence-corrected chi connectivity index (χ4v) is 2.75. The topological polar surface area (TPSA) is 18.5 Å². The third-order valence-corrected chi connectivity index (χ3v) is 5.60. The van der Waals surface area contributed by atoms with Crippen molar-refractivity contribution in [3.63, 3.8) is 0 Å². The van der Waals surface area contributed by atoms with Crippen molar-refractivity contribution in [1.29, 1.82) is 0 Å². The van der Waals surface area contributed by atoms with Crippen molar-refractivity contribution < 1.29 is 9.31 Å². The quantitative estimate of drug-likeness (QED) is 0.512. The highest BCUT2D eigenvalue weighted by Crippen LogP contribution is 2.58. The SMILES string of the molecule is CC1(C)CCC=CC1(C)B1OC(C)(C)C(C)(C)O1. The number of hydrogen-bond acceptors (Lipinski definition) is 2. The van der Waals surface area contributed by atoms with Gasteiger partial charge in [-0.25, -0.2) is 0 Å². The fourth-order valence-electron chi connectivity index (χ4n) is 2.75. The molecule has 1 saturated heterocycles. The van der Waals surface area contributed by atoms with Crippen LogP contribution >= 0.6 is 0 Å².